The molecule has 0 aliphatic carbocycles. The minimum absolute atomic E-state index is 0.393. The molecule has 4 heteroatoms. The van der Waals surface area contributed by atoms with Crippen LogP contribution in [0.1, 0.15) is 54.2 Å². The maximum absolute atomic E-state index is 5.10. The number of thiazole rings is 1. The Hall–Kier alpha value is -0.450. The van der Waals surface area contributed by atoms with Crippen LogP contribution in [-0.2, 0) is 4.74 Å². The summed E-state index contributed by atoms with van der Waals surface area (Å²) in [5.74, 6) is 0. The van der Waals surface area contributed by atoms with Gasteiger partial charge in [0.15, 0.2) is 0 Å². The average molecular weight is 270 g/mol. The van der Waals surface area contributed by atoms with Crippen LogP contribution in [0.25, 0.3) is 0 Å². The highest BCUT2D eigenvalue weighted by molar-refractivity contribution is 7.11. The fourth-order valence-corrected chi connectivity index (χ4v) is 2.93. The quantitative estimate of drug-likeness (QED) is 0.696. The van der Waals surface area contributed by atoms with Crippen molar-refractivity contribution in [2.24, 2.45) is 0 Å². The monoisotopic (exact) mass is 270 g/mol. The molecule has 18 heavy (non-hydrogen) atoms. The summed E-state index contributed by atoms with van der Waals surface area (Å²) < 4.78 is 5.10. The molecule has 1 aromatic rings. The first kappa shape index (κ1) is 15.6. The van der Waals surface area contributed by atoms with Crippen LogP contribution in [0.15, 0.2) is 0 Å². The molecule has 0 aliphatic rings. The molecule has 1 unspecified atom stereocenters. The minimum atomic E-state index is 0.393. The van der Waals surface area contributed by atoms with E-state index >= 15 is 0 Å². The van der Waals surface area contributed by atoms with Crippen molar-refractivity contribution in [1.82, 2.24) is 10.3 Å². The van der Waals surface area contributed by atoms with Crippen LogP contribution >= 0.6 is 11.3 Å². The summed E-state index contributed by atoms with van der Waals surface area (Å²) in [5, 5.41) is 4.79. The number of methoxy groups -OCH3 is 1. The van der Waals surface area contributed by atoms with Gasteiger partial charge >= 0.3 is 0 Å². The van der Waals surface area contributed by atoms with E-state index in [0.717, 1.165) is 13.2 Å². The van der Waals surface area contributed by atoms with E-state index in [9.17, 15) is 0 Å². The Bertz CT molecular complexity index is 309. The van der Waals surface area contributed by atoms with Crippen molar-refractivity contribution in [2.75, 3.05) is 20.3 Å². The maximum atomic E-state index is 5.10. The van der Waals surface area contributed by atoms with E-state index in [0.29, 0.717) is 6.04 Å². The molecule has 0 saturated heterocycles. The van der Waals surface area contributed by atoms with Crippen molar-refractivity contribution in [3.63, 3.8) is 0 Å². The van der Waals surface area contributed by atoms with Crippen LogP contribution < -0.4 is 5.32 Å². The summed E-state index contributed by atoms with van der Waals surface area (Å²) in [6.45, 7) is 8.13. The lowest BCUT2D eigenvalue weighted by molar-refractivity contribution is 0.195. The first-order valence-corrected chi connectivity index (χ1v) is 7.67. The molecule has 0 radical (unpaired) electrons. The van der Waals surface area contributed by atoms with Crippen LogP contribution in [0, 0.1) is 13.8 Å². The van der Waals surface area contributed by atoms with Gasteiger partial charge in [-0.1, -0.05) is 26.2 Å². The molecule has 3 nitrogen and oxygen atoms in total. The van der Waals surface area contributed by atoms with Crippen molar-refractivity contribution >= 4 is 11.3 Å². The smallest absolute Gasteiger partial charge is 0.110 e. The standard InChI is InChI=1S/C14H26N2OS/c1-5-6-7-8-13(15-9-10-17-4)14-16-11(2)12(3)18-14/h13,15H,5-10H2,1-4H3. The fourth-order valence-electron chi connectivity index (χ4n) is 1.89. The van der Waals surface area contributed by atoms with E-state index in [2.05, 4.69) is 31.1 Å². The second-order valence-electron chi connectivity index (χ2n) is 4.69. The van der Waals surface area contributed by atoms with E-state index < -0.39 is 0 Å². The summed E-state index contributed by atoms with van der Waals surface area (Å²) in [6.07, 6.45) is 5.00. The normalized spacial score (nSPS) is 12.9. The number of unbranched alkanes of at least 4 members (excludes halogenated alkanes) is 2. The number of hydrogen-bond donors (Lipinski definition) is 1. The van der Waals surface area contributed by atoms with Crippen molar-refractivity contribution in [1.29, 1.82) is 0 Å². The van der Waals surface area contributed by atoms with E-state index in [-0.39, 0.29) is 0 Å². The van der Waals surface area contributed by atoms with Crippen molar-refractivity contribution in [2.45, 2.75) is 52.5 Å². The van der Waals surface area contributed by atoms with Crippen molar-refractivity contribution in [3.8, 4) is 0 Å². The number of nitrogens with zero attached hydrogens (tertiary/aromatic N) is 1. The summed E-state index contributed by atoms with van der Waals surface area (Å²) >= 11 is 1.82. The Balaban J connectivity index is 2.57. The fraction of sp³-hybridized carbons (Fsp3) is 0.786. The van der Waals surface area contributed by atoms with Gasteiger partial charge < -0.3 is 10.1 Å². The van der Waals surface area contributed by atoms with Crippen LogP contribution in [0.4, 0.5) is 0 Å². The number of nitrogens with one attached hydrogen (secondary N) is 1. The maximum Gasteiger partial charge on any atom is 0.110 e. The van der Waals surface area contributed by atoms with Gasteiger partial charge in [-0.2, -0.15) is 0 Å². The minimum Gasteiger partial charge on any atom is -0.383 e. The second kappa shape index (κ2) is 8.62. The highest BCUT2D eigenvalue weighted by Crippen LogP contribution is 2.26. The van der Waals surface area contributed by atoms with Crippen molar-refractivity contribution in [3.05, 3.63) is 15.6 Å². The Morgan fingerprint density at radius 2 is 2.11 bits per heavy atom. The zero-order valence-corrected chi connectivity index (χ0v) is 12.9. The molecule has 0 aromatic carbocycles. The van der Waals surface area contributed by atoms with E-state index in [1.165, 1.54) is 41.3 Å². The predicted molar refractivity (Wildman–Crippen MR) is 78.3 cm³/mol. The first-order chi connectivity index (χ1) is 8.69. The number of aryl methyl sites for hydroxylation is 2. The number of hydrogen-bond acceptors (Lipinski definition) is 4. The van der Waals surface area contributed by atoms with E-state index in [1.807, 2.05) is 11.3 Å². The average Bonchev–Trinajstić information content (AvgIpc) is 2.68. The molecule has 0 aliphatic heterocycles. The van der Waals surface area contributed by atoms with Crippen LogP contribution in [0.5, 0.6) is 0 Å². The van der Waals surface area contributed by atoms with Crippen LogP contribution in [0.3, 0.4) is 0 Å². The number of aromatic nitrogens is 1. The Morgan fingerprint density at radius 3 is 2.67 bits per heavy atom. The van der Waals surface area contributed by atoms with Gasteiger partial charge in [0.05, 0.1) is 18.3 Å². The molecule has 0 fully saturated rings. The highest BCUT2D eigenvalue weighted by Gasteiger charge is 2.15. The van der Waals surface area contributed by atoms with Crippen molar-refractivity contribution < 1.29 is 4.74 Å². The van der Waals surface area contributed by atoms with Crippen LogP contribution in [0.2, 0.25) is 0 Å². The van der Waals surface area contributed by atoms with Gasteiger partial charge in [0.25, 0.3) is 0 Å². The molecule has 1 aromatic heterocycles. The van der Waals surface area contributed by atoms with Gasteiger partial charge in [-0.25, -0.2) is 4.98 Å². The largest absolute Gasteiger partial charge is 0.383 e. The van der Waals surface area contributed by atoms with Gasteiger partial charge in [0.2, 0.25) is 0 Å². The highest BCUT2D eigenvalue weighted by atomic mass is 32.1. The predicted octanol–water partition coefficient (Wildman–Crippen LogP) is 3.62. The van der Waals surface area contributed by atoms with E-state index in [4.69, 9.17) is 4.74 Å². The van der Waals surface area contributed by atoms with Gasteiger partial charge in [-0.05, 0) is 20.3 Å². The topological polar surface area (TPSA) is 34.1 Å². The van der Waals surface area contributed by atoms with E-state index in [1.54, 1.807) is 7.11 Å². The number of rotatable bonds is 9. The lowest BCUT2D eigenvalue weighted by Gasteiger charge is -2.16. The molecular formula is C14H26N2OS. The first-order valence-electron chi connectivity index (χ1n) is 6.85. The lowest BCUT2D eigenvalue weighted by atomic mass is 10.1. The molecule has 104 valence electrons. The third-order valence-corrected chi connectivity index (χ3v) is 4.32. The number of ether oxygens (including phenoxy) is 1. The Morgan fingerprint density at radius 1 is 1.33 bits per heavy atom. The summed E-state index contributed by atoms with van der Waals surface area (Å²) in [4.78, 5) is 6.02. The zero-order valence-electron chi connectivity index (χ0n) is 12.1. The molecule has 0 spiro atoms. The van der Waals surface area contributed by atoms with Gasteiger partial charge in [0.1, 0.15) is 5.01 Å². The summed E-state index contributed by atoms with van der Waals surface area (Å²) in [5.41, 5.74) is 1.17. The SMILES string of the molecule is CCCCCC(NCCOC)c1nc(C)c(C)s1. The second-order valence-corrected chi connectivity index (χ2v) is 5.92. The molecule has 1 N–H and O–H groups in total. The van der Waals surface area contributed by atoms with Crippen LogP contribution in [-0.4, -0.2) is 25.2 Å². The lowest BCUT2D eigenvalue weighted by Crippen LogP contribution is -2.25. The molecule has 1 heterocycles. The molecule has 0 amide bonds. The molecule has 0 saturated carbocycles. The Labute approximate surface area is 115 Å². The zero-order chi connectivity index (χ0) is 13.4. The van der Waals surface area contributed by atoms with Gasteiger partial charge in [-0.15, -0.1) is 11.3 Å². The molecule has 0 bridgehead atoms. The molecule has 1 atom stereocenters. The Kier molecular flexibility index (Phi) is 7.47. The van der Waals surface area contributed by atoms with Gasteiger partial charge in [0, 0.05) is 18.5 Å². The molecular weight excluding hydrogens is 244 g/mol. The third-order valence-electron chi connectivity index (χ3n) is 3.14. The summed E-state index contributed by atoms with van der Waals surface area (Å²) in [7, 11) is 1.74. The summed E-state index contributed by atoms with van der Waals surface area (Å²) in [6, 6.07) is 0.393. The van der Waals surface area contributed by atoms with Gasteiger partial charge in [-0.3, -0.25) is 0 Å². The third kappa shape index (κ3) is 5.04. The molecule has 1 rings (SSSR count).